The van der Waals surface area contributed by atoms with Crippen LogP contribution in [0.25, 0.3) is 10.4 Å². The maximum absolute atomic E-state index is 8.06. The summed E-state index contributed by atoms with van der Waals surface area (Å²) in [6.45, 7) is 5.03. The molecular weight excluding hydrogens is 198 g/mol. The minimum atomic E-state index is 0.549. The summed E-state index contributed by atoms with van der Waals surface area (Å²) in [5, 5.41) is 3.46. The molecule has 3 heteroatoms. The smallest absolute Gasteiger partial charge is 0.0292 e. The van der Waals surface area contributed by atoms with Crippen molar-refractivity contribution in [2.24, 2.45) is 11.0 Å². The molecule has 1 atom stereocenters. The first kappa shape index (κ1) is 14.8. The normalized spacial score (nSPS) is 13.1. The summed E-state index contributed by atoms with van der Waals surface area (Å²) in [5.41, 5.74) is 8.06. The molecule has 0 aromatic rings. The van der Waals surface area contributed by atoms with Crippen molar-refractivity contribution in [2.45, 2.75) is 46.0 Å². The highest BCUT2D eigenvalue weighted by Crippen LogP contribution is 2.10. The van der Waals surface area contributed by atoms with Gasteiger partial charge in [-0.25, -0.2) is 0 Å². The topological polar surface area (TPSA) is 48.8 Å². The lowest BCUT2D eigenvalue weighted by Crippen LogP contribution is -1.88. The minimum Gasteiger partial charge on any atom is -0.0937 e. The SMILES string of the molecule is CCCCCC(C)/C=C/C=C/CCN=[N+]=[N-]. The van der Waals surface area contributed by atoms with Crippen molar-refractivity contribution in [1.29, 1.82) is 0 Å². The Morgan fingerprint density at radius 1 is 1.31 bits per heavy atom. The van der Waals surface area contributed by atoms with Crippen LogP contribution in [-0.4, -0.2) is 6.54 Å². The van der Waals surface area contributed by atoms with Gasteiger partial charge in [0.15, 0.2) is 0 Å². The summed E-state index contributed by atoms with van der Waals surface area (Å²) < 4.78 is 0. The zero-order valence-corrected chi connectivity index (χ0v) is 10.5. The molecule has 3 nitrogen and oxygen atoms in total. The molecule has 0 rings (SSSR count). The highest BCUT2D eigenvalue weighted by Gasteiger charge is 1.94. The first-order valence-corrected chi connectivity index (χ1v) is 6.15. The Morgan fingerprint density at radius 3 is 2.81 bits per heavy atom. The highest BCUT2D eigenvalue weighted by atomic mass is 15.1. The van der Waals surface area contributed by atoms with E-state index in [1.165, 1.54) is 25.7 Å². The van der Waals surface area contributed by atoms with Gasteiger partial charge in [0, 0.05) is 11.5 Å². The summed E-state index contributed by atoms with van der Waals surface area (Å²) >= 11 is 0. The third-order valence-corrected chi connectivity index (χ3v) is 2.41. The number of azide groups is 1. The molecule has 0 fully saturated rings. The molecule has 0 N–H and O–H groups in total. The van der Waals surface area contributed by atoms with Crippen LogP contribution in [0, 0.1) is 5.92 Å². The zero-order valence-electron chi connectivity index (χ0n) is 10.5. The fraction of sp³-hybridized carbons (Fsp3) is 0.692. The second-order valence-corrected chi connectivity index (χ2v) is 4.03. The lowest BCUT2D eigenvalue weighted by atomic mass is 10.0. The lowest BCUT2D eigenvalue weighted by Gasteiger charge is -2.03. The number of allylic oxidation sites excluding steroid dienone is 3. The maximum atomic E-state index is 8.06. The molecule has 16 heavy (non-hydrogen) atoms. The standard InChI is InChI=1S/C13H23N3/c1-3-4-7-10-13(2)11-8-5-6-9-12-15-16-14/h5-6,8,11,13H,3-4,7,9-10,12H2,1-2H3/b6-5+,11-8+. The third kappa shape index (κ3) is 10.9. The van der Waals surface area contributed by atoms with Crippen molar-refractivity contribution in [3.63, 3.8) is 0 Å². The van der Waals surface area contributed by atoms with E-state index in [0.29, 0.717) is 12.5 Å². The molecule has 0 amide bonds. The fourth-order valence-corrected chi connectivity index (χ4v) is 1.42. The Labute approximate surface area is 98.9 Å². The zero-order chi connectivity index (χ0) is 12.1. The van der Waals surface area contributed by atoms with Gasteiger partial charge < -0.3 is 0 Å². The van der Waals surface area contributed by atoms with Crippen LogP contribution in [-0.2, 0) is 0 Å². The van der Waals surface area contributed by atoms with Crippen LogP contribution in [0.5, 0.6) is 0 Å². The molecule has 0 heterocycles. The van der Waals surface area contributed by atoms with Crippen molar-refractivity contribution in [3.05, 3.63) is 34.7 Å². The van der Waals surface area contributed by atoms with E-state index in [9.17, 15) is 0 Å². The van der Waals surface area contributed by atoms with Crippen molar-refractivity contribution in [3.8, 4) is 0 Å². The van der Waals surface area contributed by atoms with E-state index in [1.54, 1.807) is 0 Å². The van der Waals surface area contributed by atoms with Gasteiger partial charge in [0.25, 0.3) is 0 Å². The average molecular weight is 221 g/mol. The largest absolute Gasteiger partial charge is 0.0937 e. The summed E-state index contributed by atoms with van der Waals surface area (Å²) in [4.78, 5) is 2.70. The first-order chi connectivity index (χ1) is 7.81. The van der Waals surface area contributed by atoms with Gasteiger partial charge >= 0.3 is 0 Å². The molecule has 0 aromatic carbocycles. The van der Waals surface area contributed by atoms with Gasteiger partial charge in [-0.05, 0) is 24.3 Å². The molecule has 0 aromatic heterocycles. The Morgan fingerprint density at radius 2 is 2.12 bits per heavy atom. The van der Waals surface area contributed by atoms with Gasteiger partial charge in [0.05, 0.1) is 0 Å². The van der Waals surface area contributed by atoms with Gasteiger partial charge in [-0.2, -0.15) is 0 Å². The maximum Gasteiger partial charge on any atom is 0.0292 e. The molecule has 0 aliphatic heterocycles. The number of nitrogens with zero attached hydrogens (tertiary/aromatic N) is 3. The van der Waals surface area contributed by atoms with Gasteiger partial charge in [0.1, 0.15) is 0 Å². The van der Waals surface area contributed by atoms with E-state index in [1.807, 2.05) is 12.2 Å². The van der Waals surface area contributed by atoms with Crippen LogP contribution >= 0.6 is 0 Å². The van der Waals surface area contributed by atoms with E-state index < -0.39 is 0 Å². The Balaban J connectivity index is 3.53. The minimum absolute atomic E-state index is 0.549. The van der Waals surface area contributed by atoms with Gasteiger partial charge in [-0.3, -0.25) is 0 Å². The van der Waals surface area contributed by atoms with Gasteiger partial charge in [-0.15, -0.1) is 0 Å². The van der Waals surface area contributed by atoms with Gasteiger partial charge in [0.2, 0.25) is 0 Å². The quantitative estimate of drug-likeness (QED) is 0.173. The van der Waals surface area contributed by atoms with Crippen molar-refractivity contribution in [1.82, 2.24) is 0 Å². The predicted molar refractivity (Wildman–Crippen MR) is 70.2 cm³/mol. The lowest BCUT2D eigenvalue weighted by molar-refractivity contribution is 0.576. The fourth-order valence-electron chi connectivity index (χ4n) is 1.42. The molecule has 90 valence electrons. The molecule has 0 saturated carbocycles. The molecule has 0 aliphatic rings. The highest BCUT2D eigenvalue weighted by molar-refractivity contribution is 5.03. The molecule has 0 saturated heterocycles. The van der Waals surface area contributed by atoms with E-state index >= 15 is 0 Å². The van der Waals surface area contributed by atoms with E-state index in [4.69, 9.17) is 5.53 Å². The van der Waals surface area contributed by atoms with Crippen LogP contribution in [0.2, 0.25) is 0 Å². The molecule has 1 unspecified atom stereocenters. The molecule has 0 bridgehead atoms. The Bertz CT molecular complexity index is 250. The van der Waals surface area contributed by atoms with E-state index in [-0.39, 0.29) is 0 Å². The van der Waals surface area contributed by atoms with Crippen molar-refractivity contribution in [2.75, 3.05) is 6.54 Å². The van der Waals surface area contributed by atoms with Gasteiger partial charge in [-0.1, -0.05) is 62.5 Å². The van der Waals surface area contributed by atoms with Crippen LogP contribution in [0.3, 0.4) is 0 Å². The Hall–Kier alpha value is -1.21. The summed E-state index contributed by atoms with van der Waals surface area (Å²) in [7, 11) is 0. The summed E-state index contributed by atoms with van der Waals surface area (Å²) in [6, 6.07) is 0. The van der Waals surface area contributed by atoms with E-state index in [2.05, 4.69) is 36.0 Å². The average Bonchev–Trinajstić information content (AvgIpc) is 2.28. The van der Waals surface area contributed by atoms with Crippen molar-refractivity contribution < 1.29 is 0 Å². The van der Waals surface area contributed by atoms with Crippen LogP contribution < -0.4 is 0 Å². The predicted octanol–water partition coefficient (Wildman–Crippen LogP) is 5.02. The Kier molecular flexibility index (Phi) is 11.0. The number of unbranched alkanes of at least 4 members (excludes halogenated alkanes) is 2. The van der Waals surface area contributed by atoms with Crippen molar-refractivity contribution >= 4 is 0 Å². The molecule has 0 spiro atoms. The number of hydrogen-bond acceptors (Lipinski definition) is 1. The number of rotatable bonds is 9. The summed E-state index contributed by atoms with van der Waals surface area (Å²) in [6.07, 6.45) is 14.4. The molecule has 0 aliphatic carbocycles. The molecule has 0 radical (unpaired) electrons. The second kappa shape index (κ2) is 11.9. The van der Waals surface area contributed by atoms with Crippen LogP contribution in [0.4, 0.5) is 0 Å². The number of hydrogen-bond donors (Lipinski definition) is 0. The van der Waals surface area contributed by atoms with Crippen LogP contribution in [0.1, 0.15) is 46.0 Å². The van der Waals surface area contributed by atoms with Crippen LogP contribution in [0.15, 0.2) is 29.4 Å². The first-order valence-electron chi connectivity index (χ1n) is 6.15. The van der Waals surface area contributed by atoms with E-state index in [0.717, 1.165) is 6.42 Å². The monoisotopic (exact) mass is 221 g/mol. The summed E-state index contributed by atoms with van der Waals surface area (Å²) in [5.74, 6) is 0.660. The molecular formula is C13H23N3. The third-order valence-electron chi connectivity index (χ3n) is 2.41. The second-order valence-electron chi connectivity index (χ2n) is 4.03.